The van der Waals surface area contributed by atoms with Crippen LogP contribution in [-0.4, -0.2) is 50.6 Å². The maximum absolute atomic E-state index is 13.2. The van der Waals surface area contributed by atoms with Crippen LogP contribution in [0.5, 0.6) is 0 Å². The molecule has 0 unspecified atom stereocenters. The predicted octanol–water partition coefficient (Wildman–Crippen LogP) is 0.414. The highest BCUT2D eigenvalue weighted by atomic mass is 32.2. The van der Waals surface area contributed by atoms with Gasteiger partial charge < -0.3 is 4.74 Å². The van der Waals surface area contributed by atoms with Gasteiger partial charge in [-0.2, -0.15) is 23.3 Å². The van der Waals surface area contributed by atoms with E-state index in [4.69, 9.17) is 4.74 Å². The Morgan fingerprint density at radius 1 is 1.27 bits per heavy atom. The highest BCUT2D eigenvalue weighted by molar-refractivity contribution is 7.92. The van der Waals surface area contributed by atoms with Crippen molar-refractivity contribution in [3.63, 3.8) is 0 Å². The topological polar surface area (TPSA) is 154 Å². The standard InChI is InChI=1S/C17H15N7O5S/c1-2-29-16(25)13-9-20-24(14-12-6-4-3-5-11(12)7-8-18-14)15(13)30(27,28)22-23-10-19-21-17(23)26/h3-10,22H,2H2,1H3,(H,21,26). The smallest absolute Gasteiger partial charge is 0.362 e. The molecule has 0 radical (unpaired) electrons. The predicted molar refractivity (Wildman–Crippen MR) is 104 cm³/mol. The van der Waals surface area contributed by atoms with Gasteiger partial charge in [0.25, 0.3) is 10.0 Å². The summed E-state index contributed by atoms with van der Waals surface area (Å²) < 4.78 is 32.9. The molecule has 1 aromatic carbocycles. The van der Waals surface area contributed by atoms with Gasteiger partial charge in [-0.15, -0.1) is 0 Å². The fraction of sp³-hybridized carbons (Fsp3) is 0.118. The molecule has 0 saturated carbocycles. The van der Waals surface area contributed by atoms with E-state index in [1.807, 2.05) is 12.1 Å². The van der Waals surface area contributed by atoms with Crippen molar-refractivity contribution in [2.45, 2.75) is 11.9 Å². The van der Waals surface area contributed by atoms with Gasteiger partial charge in [-0.05, 0) is 18.4 Å². The molecule has 3 heterocycles. The molecule has 0 fully saturated rings. The van der Waals surface area contributed by atoms with Gasteiger partial charge in [0.1, 0.15) is 11.9 Å². The molecule has 154 valence electrons. The summed E-state index contributed by atoms with van der Waals surface area (Å²) in [5.41, 5.74) is -1.12. The van der Waals surface area contributed by atoms with Gasteiger partial charge in [0.2, 0.25) is 0 Å². The average Bonchev–Trinajstić information content (AvgIpc) is 3.34. The molecular formula is C17H15N7O5S. The number of H-pyrrole nitrogens is 1. The number of hydrogen-bond donors (Lipinski definition) is 2. The van der Waals surface area contributed by atoms with E-state index < -0.39 is 26.7 Å². The van der Waals surface area contributed by atoms with Gasteiger partial charge in [0.15, 0.2) is 10.8 Å². The van der Waals surface area contributed by atoms with Crippen molar-refractivity contribution in [3.8, 4) is 5.82 Å². The molecule has 0 aliphatic heterocycles. The summed E-state index contributed by atoms with van der Waals surface area (Å²) in [7, 11) is -4.49. The summed E-state index contributed by atoms with van der Waals surface area (Å²) in [5.74, 6) is -0.701. The van der Waals surface area contributed by atoms with Crippen molar-refractivity contribution in [1.29, 1.82) is 0 Å². The Kier molecular flexibility index (Phi) is 4.79. The largest absolute Gasteiger partial charge is 0.462 e. The Morgan fingerprint density at radius 2 is 2.07 bits per heavy atom. The van der Waals surface area contributed by atoms with E-state index in [9.17, 15) is 18.0 Å². The van der Waals surface area contributed by atoms with E-state index in [1.54, 1.807) is 25.1 Å². The first kappa shape index (κ1) is 19.3. The number of carbonyl (C=O) groups is 1. The zero-order chi connectivity index (χ0) is 21.3. The van der Waals surface area contributed by atoms with Crippen LogP contribution in [0.3, 0.4) is 0 Å². The van der Waals surface area contributed by atoms with Gasteiger partial charge in [-0.25, -0.2) is 29.2 Å². The Labute approximate surface area is 169 Å². The van der Waals surface area contributed by atoms with Crippen molar-refractivity contribution in [2.75, 3.05) is 11.4 Å². The lowest BCUT2D eigenvalue weighted by Crippen LogP contribution is -2.33. The minimum Gasteiger partial charge on any atom is -0.462 e. The quantitative estimate of drug-likeness (QED) is 0.418. The molecule has 4 rings (SSSR count). The van der Waals surface area contributed by atoms with E-state index in [1.165, 1.54) is 6.20 Å². The number of nitrogens with one attached hydrogen (secondary N) is 2. The summed E-state index contributed by atoms with van der Waals surface area (Å²) >= 11 is 0. The fourth-order valence-corrected chi connectivity index (χ4v) is 4.12. The van der Waals surface area contributed by atoms with Crippen LogP contribution in [0.1, 0.15) is 17.3 Å². The third-order valence-corrected chi connectivity index (χ3v) is 5.44. The lowest BCUT2D eigenvalue weighted by Gasteiger charge is -2.12. The van der Waals surface area contributed by atoms with Crippen molar-refractivity contribution < 1.29 is 17.9 Å². The third kappa shape index (κ3) is 3.30. The summed E-state index contributed by atoms with van der Waals surface area (Å²) in [5, 5.41) is 10.5. The van der Waals surface area contributed by atoms with Gasteiger partial charge in [0.05, 0.1) is 12.8 Å². The monoisotopic (exact) mass is 429 g/mol. The van der Waals surface area contributed by atoms with E-state index >= 15 is 0 Å². The molecule has 0 aliphatic carbocycles. The zero-order valence-electron chi connectivity index (χ0n) is 15.5. The highest BCUT2D eigenvalue weighted by Gasteiger charge is 2.31. The van der Waals surface area contributed by atoms with E-state index in [2.05, 4.69) is 25.1 Å². The van der Waals surface area contributed by atoms with Crippen LogP contribution >= 0.6 is 0 Å². The minimum atomic E-state index is -4.49. The molecule has 0 saturated heterocycles. The Bertz CT molecular complexity index is 1400. The minimum absolute atomic E-state index is 0.0324. The number of hydrogen-bond acceptors (Lipinski definition) is 8. The number of carbonyl (C=O) groups excluding carboxylic acids is 1. The van der Waals surface area contributed by atoms with Crippen molar-refractivity contribution in [3.05, 3.63) is 65.1 Å². The van der Waals surface area contributed by atoms with Crippen LogP contribution in [0.4, 0.5) is 0 Å². The van der Waals surface area contributed by atoms with Crippen LogP contribution in [-0.2, 0) is 14.8 Å². The van der Waals surface area contributed by atoms with E-state index in [0.29, 0.717) is 10.1 Å². The SMILES string of the molecule is CCOC(=O)c1cnn(-c2nccc3ccccc23)c1S(=O)(=O)Nn1cn[nH]c1=O. The summed E-state index contributed by atoms with van der Waals surface area (Å²) in [4.78, 5) is 30.4. The molecule has 12 nitrogen and oxygen atoms in total. The van der Waals surface area contributed by atoms with Gasteiger partial charge >= 0.3 is 11.7 Å². The number of aromatic amines is 1. The second-order valence-electron chi connectivity index (χ2n) is 5.98. The molecular weight excluding hydrogens is 414 g/mol. The molecule has 0 spiro atoms. The number of pyridine rings is 1. The number of ether oxygens (including phenoxy) is 1. The number of aromatic nitrogens is 6. The first-order chi connectivity index (χ1) is 14.4. The molecule has 0 amide bonds. The number of rotatable bonds is 6. The van der Waals surface area contributed by atoms with Gasteiger partial charge in [-0.3, -0.25) is 0 Å². The number of sulfonamides is 1. The number of fused-ring (bicyclic) bond motifs is 1. The lowest BCUT2D eigenvalue weighted by molar-refractivity contribution is 0.0521. The van der Waals surface area contributed by atoms with Gasteiger partial charge in [-0.1, -0.05) is 24.3 Å². The fourth-order valence-electron chi connectivity index (χ4n) is 2.85. The summed E-state index contributed by atoms with van der Waals surface area (Å²) in [6.07, 6.45) is 3.52. The molecule has 0 aliphatic rings. The molecule has 2 N–H and O–H groups in total. The highest BCUT2D eigenvalue weighted by Crippen LogP contribution is 2.25. The van der Waals surface area contributed by atoms with Crippen molar-refractivity contribution in [1.82, 2.24) is 29.6 Å². The number of benzene rings is 1. The van der Waals surface area contributed by atoms with Crippen LogP contribution in [0, 0.1) is 0 Å². The maximum atomic E-state index is 13.2. The number of esters is 1. The summed E-state index contributed by atoms with van der Waals surface area (Å²) in [6.45, 7) is 1.62. The molecule has 0 bridgehead atoms. The van der Waals surface area contributed by atoms with E-state index in [-0.39, 0.29) is 18.0 Å². The Balaban J connectivity index is 1.95. The number of nitrogens with zero attached hydrogens (tertiary/aromatic N) is 5. The van der Waals surface area contributed by atoms with Crippen LogP contribution in [0.25, 0.3) is 16.6 Å². The molecule has 4 aromatic rings. The zero-order valence-corrected chi connectivity index (χ0v) is 16.3. The second-order valence-corrected chi connectivity index (χ2v) is 7.55. The first-order valence-corrected chi connectivity index (χ1v) is 10.1. The second kappa shape index (κ2) is 7.44. The average molecular weight is 429 g/mol. The lowest BCUT2D eigenvalue weighted by atomic mass is 10.1. The van der Waals surface area contributed by atoms with Crippen molar-refractivity contribution >= 4 is 26.8 Å². The van der Waals surface area contributed by atoms with Crippen LogP contribution in [0.2, 0.25) is 0 Å². The molecule has 30 heavy (non-hydrogen) atoms. The Hall–Kier alpha value is -4.00. The van der Waals surface area contributed by atoms with Crippen LogP contribution in [0.15, 0.2) is 58.9 Å². The normalized spacial score (nSPS) is 11.5. The third-order valence-electron chi connectivity index (χ3n) is 4.10. The summed E-state index contributed by atoms with van der Waals surface area (Å²) in [6, 6.07) is 8.91. The van der Waals surface area contributed by atoms with Crippen molar-refractivity contribution in [2.24, 2.45) is 0 Å². The molecule has 3 aromatic heterocycles. The molecule has 13 heteroatoms. The Morgan fingerprint density at radius 3 is 2.80 bits per heavy atom. The first-order valence-electron chi connectivity index (χ1n) is 8.66. The molecule has 0 atom stereocenters. The maximum Gasteiger partial charge on any atom is 0.362 e. The van der Waals surface area contributed by atoms with E-state index in [0.717, 1.165) is 22.6 Å². The van der Waals surface area contributed by atoms with Crippen LogP contribution < -0.4 is 10.5 Å². The van der Waals surface area contributed by atoms with Gasteiger partial charge in [0, 0.05) is 11.6 Å².